The summed E-state index contributed by atoms with van der Waals surface area (Å²) >= 11 is 0. The maximum absolute atomic E-state index is 13.1. The van der Waals surface area contributed by atoms with Gasteiger partial charge in [-0.05, 0) is 32.9 Å². The molecule has 0 aliphatic carbocycles. The minimum atomic E-state index is -3.90. The number of hydrogen-bond acceptors (Lipinski definition) is 4. The van der Waals surface area contributed by atoms with E-state index in [2.05, 4.69) is 4.72 Å². The Bertz CT molecular complexity index is 590. The van der Waals surface area contributed by atoms with Crippen molar-refractivity contribution in [1.82, 2.24) is 4.72 Å². The van der Waals surface area contributed by atoms with Gasteiger partial charge in [0.2, 0.25) is 10.0 Å². The van der Waals surface area contributed by atoms with Gasteiger partial charge in [0, 0.05) is 18.5 Å². The number of esters is 1. The Morgan fingerprint density at radius 1 is 1.32 bits per heavy atom. The summed E-state index contributed by atoms with van der Waals surface area (Å²) in [5.41, 5.74) is -0.708. The van der Waals surface area contributed by atoms with Crippen molar-refractivity contribution in [3.05, 3.63) is 24.0 Å². The predicted molar refractivity (Wildman–Crippen MR) is 67.8 cm³/mol. The van der Waals surface area contributed by atoms with E-state index < -0.39 is 27.3 Å². The molecule has 7 heteroatoms. The van der Waals surface area contributed by atoms with Gasteiger partial charge in [0.15, 0.2) is 5.75 Å². The summed E-state index contributed by atoms with van der Waals surface area (Å²) in [4.78, 5) is 10.7. The average molecular weight is 289 g/mol. The van der Waals surface area contributed by atoms with Crippen LogP contribution in [-0.2, 0) is 14.8 Å². The number of nitrogens with one attached hydrogen (secondary N) is 1. The summed E-state index contributed by atoms with van der Waals surface area (Å²) in [6.45, 7) is 6.11. The van der Waals surface area contributed by atoms with E-state index in [1.165, 1.54) is 0 Å². The number of halogens is 1. The van der Waals surface area contributed by atoms with Gasteiger partial charge in [-0.2, -0.15) is 0 Å². The SMILES string of the molecule is CC(=O)Oc1cc(F)ccc1S(=O)(=O)NC(C)(C)C. The number of ether oxygens (including phenoxy) is 1. The molecule has 0 amide bonds. The first-order valence-corrected chi connectivity index (χ1v) is 7.01. The fourth-order valence-corrected chi connectivity index (χ4v) is 2.93. The number of hydrogen-bond donors (Lipinski definition) is 1. The molecule has 0 heterocycles. The average Bonchev–Trinajstić information content (AvgIpc) is 2.11. The molecular weight excluding hydrogens is 273 g/mol. The van der Waals surface area contributed by atoms with Crippen molar-refractivity contribution in [2.75, 3.05) is 0 Å². The molecule has 0 aliphatic rings. The molecule has 0 saturated carbocycles. The Morgan fingerprint density at radius 3 is 2.37 bits per heavy atom. The van der Waals surface area contributed by atoms with Crippen LogP contribution >= 0.6 is 0 Å². The molecule has 0 aliphatic heterocycles. The zero-order valence-corrected chi connectivity index (χ0v) is 12.0. The topological polar surface area (TPSA) is 72.5 Å². The lowest BCUT2D eigenvalue weighted by molar-refractivity contribution is -0.132. The highest BCUT2D eigenvalue weighted by Crippen LogP contribution is 2.26. The lowest BCUT2D eigenvalue weighted by atomic mass is 10.1. The molecule has 1 aromatic rings. The molecule has 1 aromatic carbocycles. The quantitative estimate of drug-likeness (QED) is 0.680. The van der Waals surface area contributed by atoms with Gasteiger partial charge in [0.05, 0.1) is 0 Å². The fraction of sp³-hybridized carbons (Fsp3) is 0.417. The Labute approximate surface area is 111 Å². The van der Waals surface area contributed by atoms with Crippen LogP contribution < -0.4 is 9.46 Å². The number of benzene rings is 1. The van der Waals surface area contributed by atoms with Crippen molar-refractivity contribution in [3.63, 3.8) is 0 Å². The molecule has 0 saturated heterocycles. The minimum absolute atomic E-state index is 0.279. The van der Waals surface area contributed by atoms with Crippen LogP contribution in [0.3, 0.4) is 0 Å². The van der Waals surface area contributed by atoms with Gasteiger partial charge in [-0.25, -0.2) is 17.5 Å². The third-order valence-electron chi connectivity index (χ3n) is 1.89. The summed E-state index contributed by atoms with van der Waals surface area (Å²) in [6, 6.07) is 2.91. The van der Waals surface area contributed by atoms with E-state index in [9.17, 15) is 17.6 Å². The molecule has 106 valence electrons. The largest absolute Gasteiger partial charge is 0.425 e. The molecule has 0 bridgehead atoms. The molecule has 0 atom stereocenters. The maximum Gasteiger partial charge on any atom is 0.308 e. The Morgan fingerprint density at radius 2 is 1.89 bits per heavy atom. The van der Waals surface area contributed by atoms with Crippen molar-refractivity contribution >= 4 is 16.0 Å². The van der Waals surface area contributed by atoms with Crippen molar-refractivity contribution in [1.29, 1.82) is 0 Å². The number of rotatable bonds is 3. The van der Waals surface area contributed by atoms with Crippen LogP contribution in [0, 0.1) is 5.82 Å². The van der Waals surface area contributed by atoms with Crippen molar-refractivity contribution in [3.8, 4) is 5.75 Å². The first-order valence-electron chi connectivity index (χ1n) is 5.53. The molecule has 0 fully saturated rings. The van der Waals surface area contributed by atoms with E-state index >= 15 is 0 Å². The van der Waals surface area contributed by atoms with E-state index in [1.807, 2.05) is 0 Å². The van der Waals surface area contributed by atoms with E-state index in [0.717, 1.165) is 25.1 Å². The third kappa shape index (κ3) is 4.60. The van der Waals surface area contributed by atoms with Gasteiger partial charge in [0.25, 0.3) is 0 Å². The second kappa shape index (κ2) is 5.26. The highest BCUT2D eigenvalue weighted by atomic mass is 32.2. The van der Waals surface area contributed by atoms with E-state index in [4.69, 9.17) is 4.74 Å². The summed E-state index contributed by atoms with van der Waals surface area (Å²) in [7, 11) is -3.90. The van der Waals surface area contributed by atoms with Crippen LogP contribution in [0.15, 0.2) is 23.1 Å². The Hall–Kier alpha value is -1.47. The van der Waals surface area contributed by atoms with Crippen LogP contribution in [0.2, 0.25) is 0 Å². The predicted octanol–water partition coefficient (Wildman–Crippen LogP) is 1.83. The summed E-state index contributed by atoms with van der Waals surface area (Å²) in [5, 5.41) is 0. The van der Waals surface area contributed by atoms with Crippen LogP contribution in [0.25, 0.3) is 0 Å². The zero-order chi connectivity index (χ0) is 14.8. The number of carbonyl (C=O) groups is 1. The number of carbonyl (C=O) groups excluding carboxylic acids is 1. The van der Waals surface area contributed by atoms with Gasteiger partial charge >= 0.3 is 5.97 Å². The minimum Gasteiger partial charge on any atom is -0.425 e. The van der Waals surface area contributed by atoms with Crippen LogP contribution in [0.1, 0.15) is 27.7 Å². The van der Waals surface area contributed by atoms with Crippen molar-refractivity contribution < 1.29 is 22.3 Å². The molecule has 0 radical (unpaired) electrons. The summed E-state index contributed by atoms with van der Waals surface area (Å²) < 4.78 is 44.5. The maximum atomic E-state index is 13.1. The smallest absolute Gasteiger partial charge is 0.308 e. The molecule has 0 spiro atoms. The highest BCUT2D eigenvalue weighted by Gasteiger charge is 2.26. The third-order valence-corrected chi connectivity index (χ3v) is 3.69. The molecule has 0 unspecified atom stereocenters. The highest BCUT2D eigenvalue weighted by molar-refractivity contribution is 7.89. The molecule has 0 aromatic heterocycles. The van der Waals surface area contributed by atoms with Crippen molar-refractivity contribution in [2.45, 2.75) is 38.1 Å². The molecule has 1 N–H and O–H groups in total. The van der Waals surface area contributed by atoms with Gasteiger partial charge in [-0.1, -0.05) is 0 Å². The number of sulfonamides is 1. The molecule has 19 heavy (non-hydrogen) atoms. The van der Waals surface area contributed by atoms with Gasteiger partial charge in [-0.3, -0.25) is 4.79 Å². The van der Waals surface area contributed by atoms with Gasteiger partial charge < -0.3 is 4.74 Å². The second-order valence-corrected chi connectivity index (χ2v) is 6.69. The van der Waals surface area contributed by atoms with Crippen LogP contribution in [0.5, 0.6) is 5.75 Å². The monoisotopic (exact) mass is 289 g/mol. The van der Waals surface area contributed by atoms with Crippen molar-refractivity contribution in [2.24, 2.45) is 0 Å². The van der Waals surface area contributed by atoms with Gasteiger partial charge in [-0.15, -0.1) is 0 Å². The second-order valence-electron chi connectivity index (χ2n) is 5.04. The Balaban J connectivity index is 3.30. The van der Waals surface area contributed by atoms with E-state index in [1.54, 1.807) is 20.8 Å². The summed E-state index contributed by atoms with van der Waals surface area (Å²) in [6.07, 6.45) is 0. The lowest BCUT2D eigenvalue weighted by Gasteiger charge is -2.21. The summed E-state index contributed by atoms with van der Waals surface area (Å²) in [5.74, 6) is -1.74. The first-order chi connectivity index (χ1) is 8.51. The lowest BCUT2D eigenvalue weighted by Crippen LogP contribution is -2.40. The molecule has 1 rings (SSSR count). The molecular formula is C12H16FNO4S. The normalized spacial score (nSPS) is 12.3. The molecule has 5 nitrogen and oxygen atoms in total. The Kier molecular flexibility index (Phi) is 4.32. The zero-order valence-electron chi connectivity index (χ0n) is 11.2. The van der Waals surface area contributed by atoms with E-state index in [0.29, 0.717) is 0 Å². The van der Waals surface area contributed by atoms with E-state index in [-0.39, 0.29) is 10.6 Å². The van der Waals surface area contributed by atoms with Crippen LogP contribution in [-0.4, -0.2) is 19.9 Å². The van der Waals surface area contributed by atoms with Gasteiger partial charge in [0.1, 0.15) is 10.7 Å². The standard InChI is InChI=1S/C12H16FNO4S/c1-8(15)18-10-7-9(13)5-6-11(10)19(16,17)14-12(2,3)4/h5-7,14H,1-4H3. The fourth-order valence-electron chi connectivity index (χ4n) is 1.40. The first kappa shape index (κ1) is 15.6. The van der Waals surface area contributed by atoms with Crippen LogP contribution in [0.4, 0.5) is 4.39 Å².